The first-order valence-electron chi connectivity index (χ1n) is 8.61. The van der Waals surface area contributed by atoms with Crippen molar-refractivity contribution in [2.75, 3.05) is 11.4 Å². The zero-order chi connectivity index (χ0) is 19.0. The Kier molecular flexibility index (Phi) is 4.54. The van der Waals surface area contributed by atoms with E-state index < -0.39 is 11.7 Å². The van der Waals surface area contributed by atoms with Crippen LogP contribution in [-0.2, 0) is 12.8 Å². The van der Waals surface area contributed by atoms with Crippen LogP contribution in [0.25, 0.3) is 0 Å². The van der Waals surface area contributed by atoms with Crippen LogP contribution in [0.4, 0.5) is 15.9 Å². The normalized spacial score (nSPS) is 12.9. The Balaban J connectivity index is 1.64. The summed E-state index contributed by atoms with van der Waals surface area (Å²) >= 11 is 5.88. The van der Waals surface area contributed by atoms with E-state index in [1.165, 1.54) is 6.07 Å². The molecule has 0 spiro atoms. The van der Waals surface area contributed by atoms with Crippen LogP contribution in [0.5, 0.6) is 0 Å². The molecule has 2 heterocycles. The van der Waals surface area contributed by atoms with E-state index in [0.717, 1.165) is 41.2 Å². The lowest BCUT2D eigenvalue weighted by Gasteiger charge is -2.19. The lowest BCUT2D eigenvalue weighted by atomic mass is 10.0. The molecule has 0 saturated heterocycles. The van der Waals surface area contributed by atoms with Gasteiger partial charge in [-0.05, 0) is 65.9 Å². The van der Waals surface area contributed by atoms with Gasteiger partial charge in [0, 0.05) is 24.0 Å². The third kappa shape index (κ3) is 3.38. The molecule has 1 aliphatic heterocycles. The van der Waals surface area contributed by atoms with Crippen molar-refractivity contribution < 1.29 is 9.18 Å². The second-order valence-corrected chi connectivity index (χ2v) is 6.92. The number of hydrogen-bond acceptors (Lipinski definition) is 3. The van der Waals surface area contributed by atoms with Crippen molar-refractivity contribution in [2.45, 2.75) is 12.8 Å². The number of rotatable bonds is 4. The van der Waals surface area contributed by atoms with Crippen LogP contribution in [-0.4, -0.2) is 17.4 Å². The summed E-state index contributed by atoms with van der Waals surface area (Å²) in [5.41, 5.74) is 9.95. The molecule has 2 aromatic carbocycles. The van der Waals surface area contributed by atoms with Gasteiger partial charge in [0.1, 0.15) is 11.6 Å². The number of nitrogens with two attached hydrogens (primary N) is 1. The number of aromatic nitrogens is 1. The number of amides is 1. The summed E-state index contributed by atoms with van der Waals surface area (Å²) in [6, 6.07) is 14.2. The summed E-state index contributed by atoms with van der Waals surface area (Å²) in [5.74, 6) is -0.0283. The summed E-state index contributed by atoms with van der Waals surface area (Å²) in [6.07, 6.45) is 3.12. The highest BCUT2D eigenvalue weighted by Gasteiger charge is 2.25. The standard InChI is InChI=1S/C21H17ClFN3O/c22-17-11-13(4-5-18(17)23)10-14-6-8-25-20(12-14)26-9-7-15-16(21(24)27)2-1-3-19(15)26/h1-6,8,11-12H,7,9-10H2,(H2,24,27). The van der Waals surface area contributed by atoms with Crippen LogP contribution in [0, 0.1) is 5.82 Å². The maximum Gasteiger partial charge on any atom is 0.249 e. The third-order valence-electron chi connectivity index (χ3n) is 4.77. The van der Waals surface area contributed by atoms with Crippen molar-refractivity contribution >= 4 is 29.0 Å². The second-order valence-electron chi connectivity index (χ2n) is 6.52. The molecule has 1 amide bonds. The first-order chi connectivity index (χ1) is 13.0. The Morgan fingerprint density at radius 1 is 1.19 bits per heavy atom. The van der Waals surface area contributed by atoms with Crippen LogP contribution >= 0.6 is 11.6 Å². The molecule has 0 radical (unpaired) electrons. The van der Waals surface area contributed by atoms with E-state index in [9.17, 15) is 9.18 Å². The van der Waals surface area contributed by atoms with Crippen molar-refractivity contribution in [3.8, 4) is 0 Å². The number of carbonyl (C=O) groups is 1. The Morgan fingerprint density at radius 3 is 2.78 bits per heavy atom. The van der Waals surface area contributed by atoms with Gasteiger partial charge >= 0.3 is 0 Å². The van der Waals surface area contributed by atoms with Gasteiger partial charge in [0.25, 0.3) is 0 Å². The van der Waals surface area contributed by atoms with Gasteiger partial charge in [-0.3, -0.25) is 4.79 Å². The SMILES string of the molecule is NC(=O)c1cccc2c1CCN2c1cc(Cc2ccc(F)c(Cl)c2)ccn1. The fourth-order valence-corrected chi connectivity index (χ4v) is 3.71. The minimum absolute atomic E-state index is 0.120. The number of halogens is 2. The molecule has 4 nitrogen and oxygen atoms in total. The summed E-state index contributed by atoms with van der Waals surface area (Å²) in [6.45, 7) is 0.735. The Labute approximate surface area is 161 Å². The van der Waals surface area contributed by atoms with Gasteiger partial charge in [-0.15, -0.1) is 0 Å². The highest BCUT2D eigenvalue weighted by Crippen LogP contribution is 2.35. The van der Waals surface area contributed by atoms with Gasteiger partial charge < -0.3 is 10.6 Å². The molecule has 0 unspecified atom stereocenters. The van der Waals surface area contributed by atoms with Crippen molar-refractivity contribution in [3.63, 3.8) is 0 Å². The van der Waals surface area contributed by atoms with Crippen molar-refractivity contribution in [1.82, 2.24) is 4.98 Å². The molecule has 1 aliphatic rings. The average molecular weight is 382 g/mol. The molecular formula is C21H17ClFN3O. The minimum Gasteiger partial charge on any atom is -0.366 e. The van der Waals surface area contributed by atoms with Crippen LogP contribution in [0.15, 0.2) is 54.7 Å². The molecule has 3 aromatic rings. The monoisotopic (exact) mass is 381 g/mol. The molecule has 0 bridgehead atoms. The van der Waals surface area contributed by atoms with Gasteiger partial charge in [-0.25, -0.2) is 9.37 Å². The van der Waals surface area contributed by atoms with Crippen LogP contribution < -0.4 is 10.6 Å². The molecule has 1 aromatic heterocycles. The number of primary amides is 1. The first kappa shape index (κ1) is 17.5. The Morgan fingerprint density at radius 2 is 2.00 bits per heavy atom. The van der Waals surface area contributed by atoms with Crippen LogP contribution in [0.1, 0.15) is 27.0 Å². The quantitative estimate of drug-likeness (QED) is 0.734. The van der Waals surface area contributed by atoms with E-state index >= 15 is 0 Å². The molecule has 0 fully saturated rings. The van der Waals surface area contributed by atoms with E-state index in [2.05, 4.69) is 9.88 Å². The van der Waals surface area contributed by atoms with Gasteiger partial charge in [-0.2, -0.15) is 0 Å². The molecule has 0 aliphatic carbocycles. The number of benzene rings is 2. The fourth-order valence-electron chi connectivity index (χ4n) is 3.51. The van der Waals surface area contributed by atoms with E-state index in [0.29, 0.717) is 12.0 Å². The molecule has 2 N–H and O–H groups in total. The zero-order valence-electron chi connectivity index (χ0n) is 14.5. The zero-order valence-corrected chi connectivity index (χ0v) is 15.2. The van der Waals surface area contributed by atoms with Crippen molar-refractivity contribution in [3.05, 3.63) is 87.8 Å². The van der Waals surface area contributed by atoms with Gasteiger partial charge in [-0.1, -0.05) is 23.7 Å². The third-order valence-corrected chi connectivity index (χ3v) is 5.06. The predicted molar refractivity (Wildman–Crippen MR) is 104 cm³/mol. The molecule has 0 saturated carbocycles. The molecule has 6 heteroatoms. The predicted octanol–water partition coefficient (Wildman–Crippen LogP) is 4.26. The van der Waals surface area contributed by atoms with E-state index in [4.69, 9.17) is 17.3 Å². The summed E-state index contributed by atoms with van der Waals surface area (Å²) < 4.78 is 13.4. The van der Waals surface area contributed by atoms with Crippen molar-refractivity contribution in [1.29, 1.82) is 0 Å². The maximum absolute atomic E-state index is 13.4. The van der Waals surface area contributed by atoms with Crippen molar-refractivity contribution in [2.24, 2.45) is 5.73 Å². The Bertz CT molecular complexity index is 1040. The van der Waals surface area contributed by atoms with Crippen LogP contribution in [0.3, 0.4) is 0 Å². The summed E-state index contributed by atoms with van der Waals surface area (Å²) in [4.78, 5) is 18.2. The molecule has 136 valence electrons. The number of nitrogens with zero attached hydrogens (tertiary/aromatic N) is 2. The lowest BCUT2D eigenvalue weighted by Crippen LogP contribution is -2.15. The van der Waals surface area contributed by atoms with E-state index in [1.807, 2.05) is 24.3 Å². The fraction of sp³-hybridized carbons (Fsp3) is 0.143. The second kappa shape index (κ2) is 7.00. The lowest BCUT2D eigenvalue weighted by molar-refractivity contribution is 0.0999. The number of carbonyl (C=O) groups excluding carboxylic acids is 1. The number of fused-ring (bicyclic) bond motifs is 1. The van der Waals surface area contributed by atoms with E-state index in [-0.39, 0.29) is 5.02 Å². The summed E-state index contributed by atoms with van der Waals surface area (Å²) in [7, 11) is 0. The summed E-state index contributed by atoms with van der Waals surface area (Å²) in [5, 5.41) is 0.120. The van der Waals surface area contributed by atoms with Crippen LogP contribution in [0.2, 0.25) is 5.02 Å². The smallest absolute Gasteiger partial charge is 0.249 e. The minimum atomic E-state index is -0.422. The average Bonchev–Trinajstić information content (AvgIpc) is 3.09. The highest BCUT2D eigenvalue weighted by molar-refractivity contribution is 6.30. The molecule has 4 rings (SSSR count). The first-order valence-corrected chi connectivity index (χ1v) is 8.99. The maximum atomic E-state index is 13.4. The molecule has 27 heavy (non-hydrogen) atoms. The topological polar surface area (TPSA) is 59.2 Å². The number of anilines is 2. The number of hydrogen-bond donors (Lipinski definition) is 1. The van der Waals surface area contributed by atoms with Gasteiger partial charge in [0.15, 0.2) is 0 Å². The van der Waals surface area contributed by atoms with Gasteiger partial charge in [0.2, 0.25) is 5.91 Å². The number of pyridine rings is 1. The van der Waals surface area contributed by atoms with Gasteiger partial charge in [0.05, 0.1) is 5.02 Å². The molecule has 0 atom stereocenters. The highest BCUT2D eigenvalue weighted by atomic mass is 35.5. The van der Waals surface area contributed by atoms with E-state index in [1.54, 1.807) is 24.4 Å². The largest absolute Gasteiger partial charge is 0.366 e. The molecular weight excluding hydrogens is 365 g/mol. The Hall–Kier alpha value is -2.92.